The Balaban J connectivity index is 1.99. The minimum Gasteiger partial charge on any atom is -0.482 e. The Kier molecular flexibility index (Phi) is 7.65. The van der Waals surface area contributed by atoms with Gasteiger partial charge in [0.25, 0.3) is 5.91 Å². The van der Waals surface area contributed by atoms with Gasteiger partial charge in [-0.1, -0.05) is 48.9 Å². The van der Waals surface area contributed by atoms with Gasteiger partial charge < -0.3 is 10.1 Å². The second kappa shape index (κ2) is 9.73. The Morgan fingerprint density at radius 1 is 1.19 bits per heavy atom. The molecule has 0 fully saturated rings. The van der Waals surface area contributed by atoms with Crippen LogP contribution < -0.4 is 14.8 Å². The van der Waals surface area contributed by atoms with Gasteiger partial charge in [-0.3, -0.25) is 4.79 Å². The van der Waals surface area contributed by atoms with Crippen LogP contribution in [0.15, 0.2) is 53.4 Å². The van der Waals surface area contributed by atoms with Crippen LogP contribution in [0.2, 0.25) is 5.02 Å². The van der Waals surface area contributed by atoms with Crippen LogP contribution in [0.25, 0.3) is 0 Å². The highest BCUT2D eigenvalue weighted by atomic mass is 35.5. The number of sulfonamides is 1. The van der Waals surface area contributed by atoms with Crippen molar-refractivity contribution in [3.05, 3.63) is 59.1 Å². The van der Waals surface area contributed by atoms with E-state index in [9.17, 15) is 13.2 Å². The molecule has 0 aromatic heterocycles. The molecule has 2 aromatic carbocycles. The number of amides is 1. The van der Waals surface area contributed by atoms with Crippen molar-refractivity contribution in [1.82, 2.24) is 10.0 Å². The fourth-order valence-electron chi connectivity index (χ4n) is 2.19. The first-order valence-corrected chi connectivity index (χ1v) is 10.4. The van der Waals surface area contributed by atoms with Crippen molar-refractivity contribution in [1.29, 1.82) is 0 Å². The van der Waals surface area contributed by atoms with E-state index in [4.69, 9.17) is 16.3 Å². The highest BCUT2D eigenvalue weighted by Crippen LogP contribution is 2.27. The molecule has 0 aliphatic heterocycles. The van der Waals surface area contributed by atoms with Crippen LogP contribution in [0.3, 0.4) is 0 Å². The van der Waals surface area contributed by atoms with E-state index in [2.05, 4.69) is 10.0 Å². The normalized spacial score (nSPS) is 12.4. The van der Waals surface area contributed by atoms with E-state index >= 15 is 0 Å². The van der Waals surface area contributed by atoms with Crippen molar-refractivity contribution in [2.75, 3.05) is 6.61 Å². The molecule has 6 nitrogen and oxygen atoms in total. The lowest BCUT2D eigenvalue weighted by atomic mass is 10.2. The molecule has 0 heterocycles. The van der Waals surface area contributed by atoms with Crippen molar-refractivity contribution in [2.24, 2.45) is 0 Å². The summed E-state index contributed by atoms with van der Waals surface area (Å²) in [6.45, 7) is 3.85. The van der Waals surface area contributed by atoms with E-state index in [0.717, 1.165) is 12.0 Å². The van der Waals surface area contributed by atoms with E-state index in [1.807, 2.05) is 44.2 Å². The third-order valence-electron chi connectivity index (χ3n) is 3.90. The molecular weight excluding hydrogens is 388 g/mol. The lowest BCUT2D eigenvalue weighted by Gasteiger charge is -2.13. The molecule has 1 atom stereocenters. The maximum Gasteiger partial charge on any atom is 0.258 e. The number of halogens is 1. The molecule has 1 amide bonds. The topological polar surface area (TPSA) is 84.5 Å². The number of carbonyl (C=O) groups excluding carboxylic acids is 1. The first-order valence-electron chi connectivity index (χ1n) is 8.57. The number of benzene rings is 2. The third-order valence-corrected chi connectivity index (χ3v) is 5.60. The molecule has 2 aromatic rings. The Morgan fingerprint density at radius 2 is 1.89 bits per heavy atom. The summed E-state index contributed by atoms with van der Waals surface area (Å²) in [5.74, 6) is -0.0142. The number of rotatable bonds is 9. The smallest absolute Gasteiger partial charge is 0.258 e. The Hall–Kier alpha value is -2.09. The third kappa shape index (κ3) is 6.53. The number of carbonyl (C=O) groups is 1. The second-order valence-corrected chi connectivity index (χ2v) is 8.24. The minimum atomic E-state index is -3.72. The lowest BCUT2D eigenvalue weighted by Crippen LogP contribution is -2.35. The van der Waals surface area contributed by atoms with Crippen LogP contribution in [-0.4, -0.2) is 27.0 Å². The zero-order chi connectivity index (χ0) is 19.9. The molecule has 2 rings (SSSR count). The van der Waals surface area contributed by atoms with Gasteiger partial charge in [0.15, 0.2) is 6.61 Å². The van der Waals surface area contributed by atoms with Gasteiger partial charge in [-0.05, 0) is 37.1 Å². The summed E-state index contributed by atoms with van der Waals surface area (Å²) in [5, 5.41) is 2.89. The van der Waals surface area contributed by atoms with Gasteiger partial charge in [-0.15, -0.1) is 0 Å². The van der Waals surface area contributed by atoms with Gasteiger partial charge in [0, 0.05) is 12.6 Å². The quantitative estimate of drug-likeness (QED) is 0.665. The molecule has 146 valence electrons. The van der Waals surface area contributed by atoms with E-state index < -0.39 is 10.0 Å². The zero-order valence-corrected chi connectivity index (χ0v) is 16.8. The van der Waals surface area contributed by atoms with Gasteiger partial charge in [-0.2, -0.15) is 0 Å². The van der Waals surface area contributed by atoms with Gasteiger partial charge in [0.05, 0.1) is 9.92 Å². The predicted molar refractivity (Wildman–Crippen MR) is 105 cm³/mol. The summed E-state index contributed by atoms with van der Waals surface area (Å²) in [4.78, 5) is 11.8. The largest absolute Gasteiger partial charge is 0.482 e. The number of hydrogen-bond acceptors (Lipinski definition) is 4. The Bertz CT molecular complexity index is 873. The molecule has 0 aliphatic carbocycles. The lowest BCUT2D eigenvalue weighted by molar-refractivity contribution is -0.123. The minimum absolute atomic E-state index is 0.0276. The van der Waals surface area contributed by atoms with E-state index in [1.54, 1.807) is 0 Å². The van der Waals surface area contributed by atoms with Crippen molar-refractivity contribution < 1.29 is 17.9 Å². The van der Waals surface area contributed by atoms with Gasteiger partial charge in [0.1, 0.15) is 5.75 Å². The highest BCUT2D eigenvalue weighted by molar-refractivity contribution is 7.89. The summed E-state index contributed by atoms with van der Waals surface area (Å²) >= 11 is 6.12. The molecule has 0 spiro atoms. The predicted octanol–water partition coefficient (Wildman–Crippen LogP) is 3.11. The number of hydrogen-bond donors (Lipinski definition) is 2. The summed E-state index contributed by atoms with van der Waals surface area (Å²) < 4.78 is 32.7. The maximum atomic E-state index is 12.4. The van der Waals surface area contributed by atoms with Crippen molar-refractivity contribution in [3.8, 4) is 5.75 Å². The average Bonchev–Trinajstić information content (AvgIpc) is 2.66. The molecular formula is C19H23ClN2O4S. The zero-order valence-electron chi connectivity index (χ0n) is 15.2. The molecule has 0 radical (unpaired) electrons. The van der Waals surface area contributed by atoms with Crippen LogP contribution >= 0.6 is 11.6 Å². The second-order valence-electron chi connectivity index (χ2n) is 6.07. The van der Waals surface area contributed by atoms with Crippen LogP contribution in [-0.2, 0) is 21.4 Å². The molecule has 0 saturated carbocycles. The van der Waals surface area contributed by atoms with Crippen LogP contribution in [0, 0.1) is 0 Å². The van der Waals surface area contributed by atoms with Crippen molar-refractivity contribution in [2.45, 2.75) is 37.8 Å². The SMILES string of the molecule is CC[C@H](C)NC(=O)COc1ccc(S(=O)(=O)NCc2ccccc2)cc1Cl. The van der Waals surface area contributed by atoms with Crippen LogP contribution in [0.1, 0.15) is 25.8 Å². The van der Waals surface area contributed by atoms with Crippen LogP contribution in [0.5, 0.6) is 5.75 Å². The number of nitrogens with one attached hydrogen (secondary N) is 2. The maximum absolute atomic E-state index is 12.4. The molecule has 2 N–H and O–H groups in total. The first kappa shape index (κ1) is 21.2. The summed E-state index contributed by atoms with van der Waals surface area (Å²) in [6.07, 6.45) is 0.815. The molecule has 27 heavy (non-hydrogen) atoms. The fourth-order valence-corrected chi connectivity index (χ4v) is 3.53. The molecule has 0 bridgehead atoms. The number of ether oxygens (including phenoxy) is 1. The first-order chi connectivity index (χ1) is 12.8. The molecule has 0 unspecified atom stereocenters. The molecule has 0 aliphatic rings. The fraction of sp³-hybridized carbons (Fsp3) is 0.316. The van der Waals surface area contributed by atoms with Gasteiger partial charge in [-0.25, -0.2) is 13.1 Å². The van der Waals surface area contributed by atoms with Crippen LogP contribution in [0.4, 0.5) is 0 Å². The highest BCUT2D eigenvalue weighted by Gasteiger charge is 2.16. The van der Waals surface area contributed by atoms with E-state index in [1.165, 1.54) is 18.2 Å². The van der Waals surface area contributed by atoms with Crippen molar-refractivity contribution in [3.63, 3.8) is 0 Å². The van der Waals surface area contributed by atoms with Gasteiger partial charge in [0.2, 0.25) is 10.0 Å². The average molecular weight is 411 g/mol. The van der Waals surface area contributed by atoms with Crippen molar-refractivity contribution >= 4 is 27.5 Å². The summed E-state index contributed by atoms with van der Waals surface area (Å²) in [6, 6.07) is 13.4. The van der Waals surface area contributed by atoms with E-state index in [-0.39, 0.29) is 40.8 Å². The Labute approximate surface area is 164 Å². The van der Waals surface area contributed by atoms with Gasteiger partial charge >= 0.3 is 0 Å². The monoisotopic (exact) mass is 410 g/mol. The van der Waals surface area contributed by atoms with E-state index in [0.29, 0.717) is 0 Å². The standard InChI is InChI=1S/C19H23ClN2O4S/c1-3-14(2)22-19(23)13-26-18-10-9-16(11-17(18)20)27(24,25)21-12-15-7-5-4-6-8-15/h4-11,14,21H,3,12-13H2,1-2H3,(H,22,23)/t14-/m0/s1. The summed E-state index contributed by atoms with van der Waals surface area (Å²) in [7, 11) is -3.72. The molecule has 8 heteroatoms. The Morgan fingerprint density at radius 3 is 2.52 bits per heavy atom. The molecule has 0 saturated heterocycles. The summed E-state index contributed by atoms with van der Waals surface area (Å²) in [5.41, 5.74) is 0.847.